The average molecular weight is 505 g/mol. The van der Waals surface area contributed by atoms with E-state index in [4.69, 9.17) is 4.74 Å². The van der Waals surface area contributed by atoms with Crippen LogP contribution in [0.2, 0.25) is 0 Å². The van der Waals surface area contributed by atoms with E-state index in [0.29, 0.717) is 21.5 Å². The fourth-order valence-corrected chi connectivity index (χ4v) is 3.81. The highest BCUT2D eigenvalue weighted by Gasteiger charge is 2.36. The molecule has 8 nitrogen and oxygen atoms in total. The number of halogens is 1. The Bertz CT molecular complexity index is 1060. The fourth-order valence-electron chi connectivity index (χ4n) is 2.60. The molecule has 0 aromatic heterocycles. The van der Waals surface area contributed by atoms with Gasteiger partial charge in [0.1, 0.15) is 12.3 Å². The molecule has 1 heterocycles. The highest BCUT2D eigenvalue weighted by Crippen LogP contribution is 2.34. The third-order valence-electron chi connectivity index (χ3n) is 4.06. The van der Waals surface area contributed by atoms with E-state index in [2.05, 4.69) is 26.0 Å². The number of thioether (sulfide) groups is 1. The number of anilines is 1. The molecule has 0 aliphatic carbocycles. The van der Waals surface area contributed by atoms with E-state index in [-0.39, 0.29) is 11.5 Å². The summed E-state index contributed by atoms with van der Waals surface area (Å²) in [5, 5.41) is 2.09. The van der Waals surface area contributed by atoms with Crippen LogP contribution in [0.15, 0.2) is 57.9 Å². The highest BCUT2D eigenvalue weighted by molar-refractivity contribution is 9.10. The Morgan fingerprint density at radius 2 is 1.90 bits per heavy atom. The van der Waals surface area contributed by atoms with Gasteiger partial charge in [-0.2, -0.15) is 0 Å². The predicted molar refractivity (Wildman–Crippen MR) is 119 cm³/mol. The van der Waals surface area contributed by atoms with Gasteiger partial charge in [0.05, 0.1) is 12.0 Å². The summed E-state index contributed by atoms with van der Waals surface area (Å²) >= 11 is 4.07. The molecule has 10 heteroatoms. The van der Waals surface area contributed by atoms with Gasteiger partial charge in [0.25, 0.3) is 11.1 Å². The van der Waals surface area contributed by atoms with Crippen molar-refractivity contribution in [2.45, 2.75) is 0 Å². The lowest BCUT2D eigenvalue weighted by atomic mass is 10.2. The first-order valence-electron chi connectivity index (χ1n) is 8.97. The van der Waals surface area contributed by atoms with Crippen LogP contribution >= 0.6 is 27.7 Å². The van der Waals surface area contributed by atoms with Gasteiger partial charge in [-0.15, -0.1) is 0 Å². The number of rotatable bonds is 7. The van der Waals surface area contributed by atoms with Gasteiger partial charge in [-0.05, 0) is 48.2 Å². The molecule has 1 aliphatic heterocycles. The van der Waals surface area contributed by atoms with Crippen LogP contribution in [-0.2, 0) is 19.1 Å². The van der Waals surface area contributed by atoms with E-state index in [1.165, 1.54) is 13.2 Å². The first kappa shape index (κ1) is 22.6. The predicted octanol–water partition coefficient (Wildman–Crippen LogP) is 3.68. The van der Waals surface area contributed by atoms with E-state index in [1.54, 1.807) is 42.5 Å². The van der Waals surface area contributed by atoms with Crippen LogP contribution < -0.4 is 10.1 Å². The number of nitrogens with one attached hydrogen (secondary N) is 1. The van der Waals surface area contributed by atoms with E-state index in [1.807, 2.05) is 6.07 Å². The maximum atomic E-state index is 12.7. The number of methoxy groups -OCH3 is 1. The maximum absolute atomic E-state index is 12.7. The van der Waals surface area contributed by atoms with Crippen molar-refractivity contribution in [3.63, 3.8) is 0 Å². The number of para-hydroxylation sites is 1. The van der Waals surface area contributed by atoms with Gasteiger partial charge in [0, 0.05) is 15.7 Å². The number of carbonyl (C=O) groups excluding carboxylic acids is 4. The van der Waals surface area contributed by atoms with E-state index >= 15 is 0 Å². The Labute approximate surface area is 190 Å². The lowest BCUT2D eigenvalue weighted by Gasteiger charge is -2.12. The number of amides is 3. The summed E-state index contributed by atoms with van der Waals surface area (Å²) in [6, 6.07) is 13.8. The van der Waals surface area contributed by atoms with Crippen LogP contribution in [0.3, 0.4) is 0 Å². The van der Waals surface area contributed by atoms with Crippen molar-refractivity contribution in [3.05, 3.63) is 63.5 Å². The first-order chi connectivity index (χ1) is 14.9. The lowest BCUT2D eigenvalue weighted by molar-refractivity contribution is -0.142. The monoisotopic (exact) mass is 504 g/mol. The van der Waals surface area contributed by atoms with Crippen molar-refractivity contribution in [2.75, 3.05) is 25.6 Å². The quantitative estimate of drug-likeness (QED) is 0.453. The van der Waals surface area contributed by atoms with Gasteiger partial charge in [-0.3, -0.25) is 19.3 Å². The number of benzene rings is 2. The zero-order valence-electron chi connectivity index (χ0n) is 16.3. The third-order valence-corrected chi connectivity index (χ3v) is 5.47. The number of esters is 1. The molecule has 2 aromatic carbocycles. The number of carbonyl (C=O) groups is 4. The van der Waals surface area contributed by atoms with Crippen LogP contribution in [0.1, 0.15) is 5.56 Å². The van der Waals surface area contributed by atoms with Gasteiger partial charge in [-0.25, -0.2) is 4.79 Å². The minimum atomic E-state index is -0.586. The standard InChI is InChI=1S/C21H17BrN2O6S/c1-29-19(26)12-30-16-8-7-14(22)9-13(16)10-17-20(27)24(21(28)31-17)11-18(25)23-15-5-3-2-4-6-15/h2-10H,11-12H2,1H3,(H,23,25). The van der Waals surface area contributed by atoms with Crippen molar-refractivity contribution in [3.8, 4) is 5.75 Å². The number of hydrogen-bond acceptors (Lipinski definition) is 7. The summed E-state index contributed by atoms with van der Waals surface area (Å²) in [5.41, 5.74) is 1.05. The lowest BCUT2D eigenvalue weighted by Crippen LogP contribution is -2.36. The molecule has 0 atom stereocenters. The van der Waals surface area contributed by atoms with Crippen molar-refractivity contribution >= 4 is 62.5 Å². The van der Waals surface area contributed by atoms with Crippen molar-refractivity contribution in [1.29, 1.82) is 0 Å². The maximum Gasteiger partial charge on any atom is 0.343 e. The van der Waals surface area contributed by atoms with Crippen LogP contribution in [-0.4, -0.2) is 48.2 Å². The molecule has 0 bridgehead atoms. The summed E-state index contributed by atoms with van der Waals surface area (Å²) in [5.74, 6) is -1.29. The van der Waals surface area contributed by atoms with Gasteiger partial charge in [0.2, 0.25) is 5.91 Å². The van der Waals surface area contributed by atoms with Crippen molar-refractivity contribution in [2.24, 2.45) is 0 Å². The Kier molecular flexibility index (Phi) is 7.48. The van der Waals surface area contributed by atoms with E-state index in [0.717, 1.165) is 16.7 Å². The van der Waals surface area contributed by atoms with Crippen LogP contribution in [0, 0.1) is 0 Å². The molecule has 0 radical (unpaired) electrons. The van der Waals surface area contributed by atoms with Crippen molar-refractivity contribution in [1.82, 2.24) is 4.90 Å². The van der Waals surface area contributed by atoms with Crippen LogP contribution in [0.4, 0.5) is 10.5 Å². The largest absolute Gasteiger partial charge is 0.481 e. The fraction of sp³-hybridized carbons (Fsp3) is 0.143. The molecule has 160 valence electrons. The Balaban J connectivity index is 1.75. The molecule has 2 aromatic rings. The van der Waals surface area contributed by atoms with E-state index in [9.17, 15) is 19.2 Å². The molecule has 1 saturated heterocycles. The van der Waals surface area contributed by atoms with Gasteiger partial charge in [-0.1, -0.05) is 34.1 Å². The zero-order chi connectivity index (χ0) is 22.4. The van der Waals surface area contributed by atoms with Crippen molar-refractivity contribution < 1.29 is 28.7 Å². The third kappa shape index (κ3) is 5.96. The molecule has 1 fully saturated rings. The molecule has 3 amide bonds. The Morgan fingerprint density at radius 3 is 2.61 bits per heavy atom. The average Bonchev–Trinajstić information content (AvgIpc) is 3.01. The number of ether oxygens (including phenoxy) is 2. The first-order valence-corrected chi connectivity index (χ1v) is 10.6. The summed E-state index contributed by atoms with van der Waals surface area (Å²) in [4.78, 5) is 49.7. The molecule has 1 aliphatic rings. The second-order valence-corrected chi connectivity index (χ2v) is 8.14. The number of imide groups is 1. The normalized spacial score (nSPS) is 14.6. The number of hydrogen-bond donors (Lipinski definition) is 1. The summed E-state index contributed by atoms with van der Waals surface area (Å²) in [6.07, 6.45) is 1.48. The molecule has 0 spiro atoms. The Hall–Kier alpha value is -3.11. The molecular weight excluding hydrogens is 488 g/mol. The van der Waals surface area contributed by atoms with Gasteiger partial charge < -0.3 is 14.8 Å². The molecule has 0 unspecified atom stereocenters. The molecule has 0 saturated carbocycles. The Morgan fingerprint density at radius 1 is 1.16 bits per heavy atom. The minimum Gasteiger partial charge on any atom is -0.481 e. The van der Waals surface area contributed by atoms with Gasteiger partial charge in [0.15, 0.2) is 6.61 Å². The topological polar surface area (TPSA) is 102 Å². The molecule has 31 heavy (non-hydrogen) atoms. The van der Waals surface area contributed by atoms with E-state index < -0.39 is 29.6 Å². The second kappa shape index (κ2) is 10.3. The van der Waals surface area contributed by atoms with Gasteiger partial charge >= 0.3 is 5.97 Å². The summed E-state index contributed by atoms with van der Waals surface area (Å²) < 4.78 is 10.7. The molecule has 3 rings (SSSR count). The minimum absolute atomic E-state index is 0.138. The second-order valence-electron chi connectivity index (χ2n) is 6.23. The summed E-state index contributed by atoms with van der Waals surface area (Å²) in [7, 11) is 1.25. The van der Waals surface area contributed by atoms with Crippen LogP contribution in [0.25, 0.3) is 6.08 Å². The molecular formula is C21H17BrN2O6S. The zero-order valence-corrected chi connectivity index (χ0v) is 18.7. The molecule has 1 N–H and O–H groups in total. The highest BCUT2D eigenvalue weighted by atomic mass is 79.9. The SMILES string of the molecule is COC(=O)COc1ccc(Br)cc1C=C1SC(=O)N(CC(=O)Nc2ccccc2)C1=O. The number of nitrogens with zero attached hydrogens (tertiary/aromatic N) is 1. The summed E-state index contributed by atoms with van der Waals surface area (Å²) in [6.45, 7) is -0.707. The smallest absolute Gasteiger partial charge is 0.343 e. The van der Waals surface area contributed by atoms with Crippen LogP contribution in [0.5, 0.6) is 5.75 Å².